The Hall–Kier alpha value is -2.47. The Balaban J connectivity index is 1.71. The Bertz CT molecular complexity index is 707. The van der Waals surface area contributed by atoms with Gasteiger partial charge in [0, 0.05) is 18.2 Å². The van der Waals surface area contributed by atoms with E-state index in [4.69, 9.17) is 9.84 Å². The van der Waals surface area contributed by atoms with Crippen molar-refractivity contribution in [2.24, 2.45) is 5.92 Å². The SMILES string of the molecule is O=C(NC1CC(CO)C1)c1cc(F)c(Oc2ccccc2)c(F)c1. The first-order chi connectivity index (χ1) is 11.6. The van der Waals surface area contributed by atoms with Gasteiger partial charge in [-0.3, -0.25) is 4.79 Å². The molecule has 1 aliphatic carbocycles. The first-order valence-electron chi connectivity index (χ1n) is 7.70. The van der Waals surface area contributed by atoms with Crippen LogP contribution in [0.15, 0.2) is 42.5 Å². The molecule has 1 aliphatic rings. The molecule has 0 spiro atoms. The number of benzene rings is 2. The zero-order valence-electron chi connectivity index (χ0n) is 12.8. The molecule has 3 rings (SSSR count). The zero-order valence-corrected chi connectivity index (χ0v) is 12.8. The fourth-order valence-electron chi connectivity index (χ4n) is 2.67. The zero-order chi connectivity index (χ0) is 17.1. The van der Waals surface area contributed by atoms with Crippen molar-refractivity contribution in [1.82, 2.24) is 5.32 Å². The maximum atomic E-state index is 14.1. The van der Waals surface area contributed by atoms with Gasteiger partial charge in [-0.2, -0.15) is 0 Å². The van der Waals surface area contributed by atoms with Gasteiger partial charge >= 0.3 is 0 Å². The van der Waals surface area contributed by atoms with Crippen LogP contribution in [0.3, 0.4) is 0 Å². The average molecular weight is 333 g/mol. The third-order valence-corrected chi connectivity index (χ3v) is 4.05. The number of rotatable bonds is 5. The molecule has 0 unspecified atom stereocenters. The molecule has 1 fully saturated rings. The van der Waals surface area contributed by atoms with Gasteiger partial charge in [0.25, 0.3) is 5.91 Å². The molecule has 0 heterocycles. The number of aliphatic hydroxyl groups is 1. The highest BCUT2D eigenvalue weighted by Gasteiger charge is 2.30. The van der Waals surface area contributed by atoms with Crippen LogP contribution in [0.25, 0.3) is 0 Å². The van der Waals surface area contributed by atoms with Crippen molar-refractivity contribution in [3.05, 3.63) is 59.7 Å². The molecule has 0 aliphatic heterocycles. The van der Waals surface area contributed by atoms with E-state index in [1.54, 1.807) is 30.3 Å². The number of halogens is 2. The number of ether oxygens (including phenoxy) is 1. The fourth-order valence-corrected chi connectivity index (χ4v) is 2.67. The van der Waals surface area contributed by atoms with Crippen LogP contribution in [0.4, 0.5) is 8.78 Å². The predicted octanol–water partition coefficient (Wildman–Crippen LogP) is 3.26. The van der Waals surface area contributed by atoms with Crippen LogP contribution < -0.4 is 10.1 Å². The molecule has 2 aromatic rings. The quantitative estimate of drug-likeness (QED) is 0.883. The lowest BCUT2D eigenvalue weighted by Crippen LogP contribution is -2.45. The van der Waals surface area contributed by atoms with Gasteiger partial charge in [0.05, 0.1) is 0 Å². The number of hydrogen-bond donors (Lipinski definition) is 2. The van der Waals surface area contributed by atoms with E-state index >= 15 is 0 Å². The predicted molar refractivity (Wildman–Crippen MR) is 83.9 cm³/mol. The van der Waals surface area contributed by atoms with Crippen molar-refractivity contribution in [3.8, 4) is 11.5 Å². The van der Waals surface area contributed by atoms with E-state index in [9.17, 15) is 13.6 Å². The van der Waals surface area contributed by atoms with Gasteiger partial charge in [0.15, 0.2) is 17.4 Å². The number of hydrogen-bond acceptors (Lipinski definition) is 3. The summed E-state index contributed by atoms with van der Waals surface area (Å²) in [5.41, 5.74) is -0.0992. The fraction of sp³-hybridized carbons (Fsp3) is 0.278. The van der Waals surface area contributed by atoms with Crippen LogP contribution in [-0.4, -0.2) is 23.7 Å². The molecule has 0 bridgehead atoms. The van der Waals surface area contributed by atoms with E-state index in [1.165, 1.54) is 0 Å². The largest absolute Gasteiger partial charge is 0.451 e. The van der Waals surface area contributed by atoms with Gasteiger partial charge in [-0.05, 0) is 43.0 Å². The van der Waals surface area contributed by atoms with Crippen molar-refractivity contribution in [1.29, 1.82) is 0 Å². The van der Waals surface area contributed by atoms with Gasteiger partial charge in [0.1, 0.15) is 5.75 Å². The molecule has 1 saturated carbocycles. The first-order valence-corrected chi connectivity index (χ1v) is 7.70. The summed E-state index contributed by atoms with van der Waals surface area (Å²) in [6, 6.07) is 10.1. The second kappa shape index (κ2) is 6.97. The number of nitrogens with one attached hydrogen (secondary N) is 1. The van der Waals surface area contributed by atoms with Gasteiger partial charge < -0.3 is 15.2 Å². The Morgan fingerprint density at radius 2 is 1.79 bits per heavy atom. The van der Waals surface area contributed by atoms with Crippen LogP contribution in [0, 0.1) is 17.6 Å². The molecule has 0 radical (unpaired) electrons. The third kappa shape index (κ3) is 3.54. The van der Waals surface area contributed by atoms with Crippen LogP contribution >= 0.6 is 0 Å². The summed E-state index contributed by atoms with van der Waals surface area (Å²) >= 11 is 0. The molecule has 126 valence electrons. The Kier molecular flexibility index (Phi) is 4.76. The highest BCUT2D eigenvalue weighted by Crippen LogP contribution is 2.30. The van der Waals surface area contributed by atoms with Crippen molar-refractivity contribution in [3.63, 3.8) is 0 Å². The number of carbonyl (C=O) groups excluding carboxylic acids is 1. The van der Waals surface area contributed by atoms with E-state index in [-0.39, 0.29) is 24.1 Å². The van der Waals surface area contributed by atoms with Crippen molar-refractivity contribution in [2.45, 2.75) is 18.9 Å². The Morgan fingerprint density at radius 1 is 1.17 bits per heavy atom. The van der Waals surface area contributed by atoms with Gasteiger partial charge in [-0.15, -0.1) is 0 Å². The second-order valence-electron chi connectivity index (χ2n) is 5.87. The minimum Gasteiger partial charge on any atom is -0.451 e. The van der Waals surface area contributed by atoms with Crippen LogP contribution in [0.1, 0.15) is 23.2 Å². The first kappa shape index (κ1) is 16.4. The number of aliphatic hydroxyl groups excluding tert-OH is 1. The Morgan fingerprint density at radius 3 is 2.38 bits per heavy atom. The molecule has 0 saturated heterocycles. The Labute approximate surface area is 138 Å². The summed E-state index contributed by atoms with van der Waals surface area (Å²) < 4.78 is 33.5. The van der Waals surface area contributed by atoms with Gasteiger partial charge in [0.2, 0.25) is 0 Å². The van der Waals surface area contributed by atoms with E-state index in [0.717, 1.165) is 12.1 Å². The third-order valence-electron chi connectivity index (χ3n) is 4.05. The average Bonchev–Trinajstić information content (AvgIpc) is 2.54. The second-order valence-corrected chi connectivity index (χ2v) is 5.87. The summed E-state index contributed by atoms with van der Waals surface area (Å²) in [7, 11) is 0. The van der Waals surface area contributed by atoms with E-state index < -0.39 is 23.3 Å². The lowest BCUT2D eigenvalue weighted by Gasteiger charge is -2.34. The smallest absolute Gasteiger partial charge is 0.251 e. The molecule has 2 N–H and O–H groups in total. The summed E-state index contributed by atoms with van der Waals surface area (Å²) in [5.74, 6) is -2.47. The lowest BCUT2D eigenvalue weighted by molar-refractivity contribution is 0.0831. The molecule has 4 nitrogen and oxygen atoms in total. The van der Waals surface area contributed by atoms with Crippen LogP contribution in [-0.2, 0) is 0 Å². The monoisotopic (exact) mass is 333 g/mol. The van der Waals surface area contributed by atoms with Crippen molar-refractivity contribution in [2.75, 3.05) is 6.61 Å². The van der Waals surface area contributed by atoms with Crippen LogP contribution in [0.5, 0.6) is 11.5 Å². The van der Waals surface area contributed by atoms with E-state index in [2.05, 4.69) is 5.32 Å². The maximum absolute atomic E-state index is 14.1. The highest BCUT2D eigenvalue weighted by molar-refractivity contribution is 5.94. The maximum Gasteiger partial charge on any atom is 0.251 e. The molecule has 0 atom stereocenters. The summed E-state index contributed by atoms with van der Waals surface area (Å²) in [5, 5.41) is 11.6. The van der Waals surface area contributed by atoms with Gasteiger partial charge in [-0.1, -0.05) is 18.2 Å². The molecule has 6 heteroatoms. The molecular formula is C18H17F2NO3. The minimum atomic E-state index is -0.939. The minimum absolute atomic E-state index is 0.0685. The van der Waals surface area contributed by atoms with Crippen molar-refractivity contribution < 1.29 is 23.4 Å². The van der Waals surface area contributed by atoms with Gasteiger partial charge in [-0.25, -0.2) is 8.78 Å². The van der Waals surface area contributed by atoms with Crippen molar-refractivity contribution >= 4 is 5.91 Å². The van der Waals surface area contributed by atoms with Crippen LogP contribution in [0.2, 0.25) is 0 Å². The molecular weight excluding hydrogens is 316 g/mol. The standard InChI is InChI=1S/C18H17F2NO3/c19-15-8-12(18(23)21-13-6-11(7-13)10-22)9-16(20)17(15)24-14-4-2-1-3-5-14/h1-5,8-9,11,13,22H,6-7,10H2,(H,21,23). The number of amides is 1. The number of carbonyl (C=O) groups is 1. The summed E-state index contributed by atoms with van der Waals surface area (Å²) in [6.45, 7) is 0.0845. The number of para-hydroxylation sites is 1. The molecule has 2 aromatic carbocycles. The van der Waals surface area contributed by atoms with E-state index in [0.29, 0.717) is 18.6 Å². The normalized spacial score (nSPS) is 19.5. The molecule has 24 heavy (non-hydrogen) atoms. The summed E-state index contributed by atoms with van der Waals surface area (Å²) in [6.07, 6.45) is 1.34. The van der Waals surface area contributed by atoms with E-state index in [1.807, 2.05) is 0 Å². The molecule has 0 aromatic heterocycles. The molecule has 1 amide bonds. The summed E-state index contributed by atoms with van der Waals surface area (Å²) in [4.78, 5) is 12.1. The topological polar surface area (TPSA) is 58.6 Å². The highest BCUT2D eigenvalue weighted by atomic mass is 19.1. The lowest BCUT2D eigenvalue weighted by atomic mass is 9.81.